The van der Waals surface area contributed by atoms with Gasteiger partial charge < -0.3 is 5.32 Å². The molecule has 0 saturated heterocycles. The van der Waals surface area contributed by atoms with Crippen LogP contribution in [0.4, 0.5) is 4.79 Å². The predicted octanol–water partition coefficient (Wildman–Crippen LogP) is 2.94. The largest absolute Gasteiger partial charge is 0.346 e. The fourth-order valence-electron chi connectivity index (χ4n) is 1.93. The molecule has 6 nitrogen and oxygen atoms in total. The highest BCUT2D eigenvalue weighted by atomic mass is 32.1. The molecule has 1 N–H and O–H groups in total. The maximum absolute atomic E-state index is 12.0. The number of unbranched alkanes of at least 4 members (excludes halogenated alkanes) is 3. The standard InChI is InChI=1S/C14H19N5OS/c1-2-3-4-8-11-15-13(20)19-14(21)18(16-17-19)12-9-6-5-7-10-12/h5-7,9-10H,2-4,8,11H2,1H3,(H,15,20). The number of para-hydroxylation sites is 1. The number of carbonyl (C=O) groups excluding carboxylic acids is 1. The molecule has 21 heavy (non-hydrogen) atoms. The summed E-state index contributed by atoms with van der Waals surface area (Å²) in [6, 6.07) is 9.04. The summed E-state index contributed by atoms with van der Waals surface area (Å²) < 4.78 is 2.83. The van der Waals surface area contributed by atoms with Crippen molar-refractivity contribution >= 4 is 18.2 Å². The number of aromatic nitrogens is 4. The van der Waals surface area contributed by atoms with Crippen LogP contribution in [-0.2, 0) is 0 Å². The van der Waals surface area contributed by atoms with Gasteiger partial charge in [0.2, 0.25) is 4.77 Å². The Morgan fingerprint density at radius 1 is 1.19 bits per heavy atom. The summed E-state index contributed by atoms with van der Waals surface area (Å²) >= 11 is 5.24. The van der Waals surface area contributed by atoms with Crippen LogP contribution in [0.3, 0.4) is 0 Å². The van der Waals surface area contributed by atoms with E-state index in [4.69, 9.17) is 12.2 Å². The Balaban J connectivity index is 2.00. The topological polar surface area (TPSA) is 64.7 Å². The molecule has 1 aromatic carbocycles. The van der Waals surface area contributed by atoms with Crippen LogP contribution in [0.1, 0.15) is 32.6 Å². The number of amides is 1. The molecule has 7 heteroatoms. The summed E-state index contributed by atoms with van der Waals surface area (Å²) in [5, 5.41) is 10.6. The van der Waals surface area contributed by atoms with E-state index in [2.05, 4.69) is 22.7 Å². The van der Waals surface area contributed by atoms with Crippen molar-refractivity contribution in [3.8, 4) is 5.69 Å². The molecule has 1 amide bonds. The lowest BCUT2D eigenvalue weighted by molar-refractivity contribution is 0.238. The SMILES string of the molecule is CCCCCCNC(=O)n1nnn(-c2ccccc2)c1=S. The quantitative estimate of drug-likeness (QED) is 0.506. The third-order valence-electron chi connectivity index (χ3n) is 3.08. The molecule has 0 atom stereocenters. The van der Waals surface area contributed by atoms with Gasteiger partial charge in [-0.25, -0.2) is 4.79 Å². The molecule has 0 unspecified atom stereocenters. The van der Waals surface area contributed by atoms with E-state index in [-0.39, 0.29) is 10.8 Å². The van der Waals surface area contributed by atoms with E-state index in [1.807, 2.05) is 30.3 Å². The van der Waals surface area contributed by atoms with E-state index in [9.17, 15) is 4.79 Å². The van der Waals surface area contributed by atoms with Crippen LogP contribution in [-0.4, -0.2) is 32.4 Å². The van der Waals surface area contributed by atoms with Crippen LogP contribution in [0.25, 0.3) is 5.69 Å². The molecule has 0 spiro atoms. The van der Waals surface area contributed by atoms with Crippen molar-refractivity contribution in [1.29, 1.82) is 0 Å². The normalized spacial score (nSPS) is 10.5. The number of nitrogens with zero attached hydrogens (tertiary/aromatic N) is 4. The van der Waals surface area contributed by atoms with Crippen molar-refractivity contribution in [3.63, 3.8) is 0 Å². The molecule has 0 aliphatic rings. The molecular formula is C14H19N5OS. The number of hydrogen-bond acceptors (Lipinski definition) is 4. The molecule has 0 radical (unpaired) electrons. The Hall–Kier alpha value is -2.02. The van der Waals surface area contributed by atoms with E-state index in [1.165, 1.54) is 17.5 Å². The van der Waals surface area contributed by atoms with E-state index >= 15 is 0 Å². The molecule has 1 aromatic heterocycles. The number of hydrogen-bond donors (Lipinski definition) is 1. The first kappa shape index (κ1) is 15.4. The minimum absolute atomic E-state index is 0.257. The number of rotatable bonds is 6. The zero-order valence-corrected chi connectivity index (χ0v) is 12.8. The second-order valence-corrected chi connectivity index (χ2v) is 5.08. The predicted molar refractivity (Wildman–Crippen MR) is 83.1 cm³/mol. The van der Waals surface area contributed by atoms with Gasteiger partial charge in [-0.15, -0.1) is 4.68 Å². The summed E-state index contributed by atoms with van der Waals surface area (Å²) in [5.41, 5.74) is 0.782. The van der Waals surface area contributed by atoms with Crippen LogP contribution in [0.15, 0.2) is 30.3 Å². The summed E-state index contributed by atoms with van der Waals surface area (Å²) in [5.74, 6) is 0. The zero-order valence-electron chi connectivity index (χ0n) is 12.0. The van der Waals surface area contributed by atoms with E-state index in [0.717, 1.165) is 23.2 Å². The molecule has 112 valence electrons. The molecule has 1 heterocycles. The first-order valence-electron chi connectivity index (χ1n) is 7.12. The molecule has 0 aliphatic carbocycles. The Kier molecular flexibility index (Phi) is 5.62. The number of benzene rings is 1. The monoisotopic (exact) mass is 305 g/mol. The maximum atomic E-state index is 12.0. The molecule has 0 aliphatic heterocycles. The van der Waals surface area contributed by atoms with Gasteiger partial charge in [-0.05, 0) is 41.2 Å². The second-order valence-electron chi connectivity index (χ2n) is 4.71. The minimum atomic E-state index is -0.335. The fourth-order valence-corrected chi connectivity index (χ4v) is 2.19. The van der Waals surface area contributed by atoms with Crippen molar-refractivity contribution in [1.82, 2.24) is 25.1 Å². The van der Waals surface area contributed by atoms with Gasteiger partial charge in [-0.1, -0.05) is 44.4 Å². The van der Waals surface area contributed by atoms with E-state index in [1.54, 1.807) is 0 Å². The van der Waals surface area contributed by atoms with Gasteiger partial charge in [-0.2, -0.15) is 4.68 Å². The third-order valence-corrected chi connectivity index (χ3v) is 3.43. The molecule has 0 saturated carbocycles. The summed E-state index contributed by atoms with van der Waals surface area (Å²) in [6.45, 7) is 2.78. The average Bonchev–Trinajstić information content (AvgIpc) is 2.89. The van der Waals surface area contributed by atoms with Gasteiger partial charge in [0.1, 0.15) is 0 Å². The van der Waals surface area contributed by atoms with E-state index in [0.29, 0.717) is 6.54 Å². The van der Waals surface area contributed by atoms with Crippen molar-refractivity contribution in [2.24, 2.45) is 0 Å². The lowest BCUT2D eigenvalue weighted by atomic mass is 10.2. The van der Waals surface area contributed by atoms with Crippen LogP contribution in [0.5, 0.6) is 0 Å². The van der Waals surface area contributed by atoms with E-state index < -0.39 is 0 Å². The zero-order chi connectivity index (χ0) is 15.1. The Morgan fingerprint density at radius 2 is 1.95 bits per heavy atom. The van der Waals surface area contributed by atoms with Crippen molar-refractivity contribution < 1.29 is 4.79 Å². The minimum Gasteiger partial charge on any atom is -0.336 e. The van der Waals surface area contributed by atoms with Gasteiger partial charge in [0.25, 0.3) is 0 Å². The Morgan fingerprint density at radius 3 is 2.67 bits per heavy atom. The Labute approximate surface area is 128 Å². The van der Waals surface area contributed by atoms with Crippen molar-refractivity contribution in [3.05, 3.63) is 35.1 Å². The van der Waals surface area contributed by atoms with Gasteiger partial charge >= 0.3 is 6.03 Å². The van der Waals surface area contributed by atoms with Crippen LogP contribution in [0, 0.1) is 4.77 Å². The maximum Gasteiger partial charge on any atom is 0.346 e. The number of tetrazole rings is 1. The lowest BCUT2D eigenvalue weighted by Gasteiger charge is -2.03. The first-order valence-corrected chi connectivity index (χ1v) is 7.53. The highest BCUT2D eigenvalue weighted by Crippen LogP contribution is 2.05. The second kappa shape index (κ2) is 7.68. The highest BCUT2D eigenvalue weighted by molar-refractivity contribution is 7.71. The third kappa shape index (κ3) is 3.98. The molecule has 2 aromatic rings. The van der Waals surface area contributed by atoms with Crippen molar-refractivity contribution in [2.45, 2.75) is 32.6 Å². The summed E-state index contributed by atoms with van der Waals surface area (Å²) in [6.07, 6.45) is 4.42. The van der Waals surface area contributed by atoms with Gasteiger partial charge in [0.15, 0.2) is 0 Å². The van der Waals surface area contributed by atoms with Crippen molar-refractivity contribution in [2.75, 3.05) is 6.54 Å². The summed E-state index contributed by atoms with van der Waals surface area (Å²) in [7, 11) is 0. The number of nitrogens with one attached hydrogen (secondary N) is 1. The van der Waals surface area contributed by atoms with Gasteiger partial charge in [0, 0.05) is 6.54 Å². The van der Waals surface area contributed by atoms with Crippen LogP contribution < -0.4 is 5.32 Å². The number of carbonyl (C=O) groups is 1. The van der Waals surface area contributed by atoms with Crippen LogP contribution >= 0.6 is 12.2 Å². The smallest absolute Gasteiger partial charge is 0.336 e. The molecule has 2 rings (SSSR count). The lowest BCUT2D eigenvalue weighted by Crippen LogP contribution is -2.30. The van der Waals surface area contributed by atoms with Gasteiger partial charge in [-0.3, -0.25) is 0 Å². The molecule has 0 fully saturated rings. The average molecular weight is 305 g/mol. The first-order chi connectivity index (χ1) is 10.2. The summed E-state index contributed by atoms with van der Waals surface area (Å²) in [4.78, 5) is 12.0. The fraction of sp³-hybridized carbons (Fsp3) is 0.429. The van der Waals surface area contributed by atoms with Crippen LogP contribution in [0.2, 0.25) is 0 Å². The molecule has 0 bridgehead atoms. The highest BCUT2D eigenvalue weighted by Gasteiger charge is 2.11. The Bertz CT molecular complexity index is 634. The molecular weight excluding hydrogens is 286 g/mol. The van der Waals surface area contributed by atoms with Gasteiger partial charge in [0.05, 0.1) is 5.69 Å².